The fourth-order valence-corrected chi connectivity index (χ4v) is 3.78. The van der Waals surface area contributed by atoms with Crippen LogP contribution in [0.15, 0.2) is 48.8 Å². The standard InChI is InChI=1S/C24H24N4O4.Na/c1-4-28-21-18(23(29)27(3)19-6-5-10-25-22(19)28)13-16(14-26-21)9-11-32-20-8-7-17(24(30)31)12-15(20)2;/h5-8,10,12-14H,4,9,11H2,1-3H3,(H,30,31);/q;+1/p-1. The summed E-state index contributed by atoms with van der Waals surface area (Å²) in [6.07, 6.45) is 3.99. The van der Waals surface area contributed by atoms with Gasteiger partial charge in [0.1, 0.15) is 11.6 Å². The summed E-state index contributed by atoms with van der Waals surface area (Å²) in [7, 11) is 1.74. The minimum absolute atomic E-state index is 0. The predicted molar refractivity (Wildman–Crippen MR) is 119 cm³/mol. The molecule has 164 valence electrons. The molecule has 1 amide bonds. The van der Waals surface area contributed by atoms with Crippen LogP contribution in [0.2, 0.25) is 0 Å². The van der Waals surface area contributed by atoms with E-state index in [0.717, 1.165) is 11.3 Å². The first-order chi connectivity index (χ1) is 15.4. The van der Waals surface area contributed by atoms with Gasteiger partial charge in [-0.1, -0.05) is 0 Å². The first-order valence-electron chi connectivity index (χ1n) is 10.3. The molecule has 4 rings (SSSR count). The molecule has 2 aromatic heterocycles. The number of hydrogen-bond acceptors (Lipinski definition) is 7. The summed E-state index contributed by atoms with van der Waals surface area (Å²) in [6, 6.07) is 10.1. The van der Waals surface area contributed by atoms with Gasteiger partial charge in [0.2, 0.25) is 0 Å². The van der Waals surface area contributed by atoms with E-state index in [9.17, 15) is 14.7 Å². The summed E-state index contributed by atoms with van der Waals surface area (Å²) in [6.45, 7) is 4.75. The van der Waals surface area contributed by atoms with Crippen LogP contribution in [0.1, 0.15) is 38.8 Å². The molecule has 0 unspecified atom stereocenters. The Morgan fingerprint density at radius 2 is 1.94 bits per heavy atom. The minimum Gasteiger partial charge on any atom is -0.545 e. The van der Waals surface area contributed by atoms with Crippen LogP contribution >= 0.6 is 0 Å². The number of carbonyl (C=O) groups excluding carboxylic acids is 2. The third-order valence-electron chi connectivity index (χ3n) is 5.47. The van der Waals surface area contributed by atoms with Crippen LogP contribution in [0.5, 0.6) is 5.75 Å². The Balaban J connectivity index is 0.00000306. The van der Waals surface area contributed by atoms with Crippen molar-refractivity contribution in [3.8, 4) is 5.75 Å². The van der Waals surface area contributed by atoms with Crippen LogP contribution < -0.4 is 49.2 Å². The molecule has 1 aliphatic heterocycles. The monoisotopic (exact) mass is 454 g/mol. The SMILES string of the molecule is CCN1c2ncc(CCOc3ccc(C(=O)[O-])cc3C)cc2C(=O)N(C)c2cccnc21.[Na+]. The number of aromatic nitrogens is 2. The average molecular weight is 454 g/mol. The van der Waals surface area contributed by atoms with Crippen molar-refractivity contribution in [2.45, 2.75) is 20.3 Å². The second-order valence-electron chi connectivity index (χ2n) is 7.54. The number of carbonyl (C=O) groups is 2. The van der Waals surface area contributed by atoms with Gasteiger partial charge in [-0.05, 0) is 66.9 Å². The number of hydrogen-bond donors (Lipinski definition) is 0. The molecule has 1 aromatic carbocycles. The Morgan fingerprint density at radius 3 is 2.64 bits per heavy atom. The molecular weight excluding hydrogens is 431 g/mol. The molecule has 0 bridgehead atoms. The first kappa shape index (κ1) is 24.7. The van der Waals surface area contributed by atoms with E-state index in [2.05, 4.69) is 9.97 Å². The minimum atomic E-state index is -1.22. The van der Waals surface area contributed by atoms with Gasteiger partial charge < -0.3 is 24.4 Å². The van der Waals surface area contributed by atoms with Crippen LogP contribution in [-0.4, -0.2) is 42.0 Å². The molecular formula is C24H23N4NaO4. The van der Waals surface area contributed by atoms with Crippen LogP contribution in [0.3, 0.4) is 0 Å². The van der Waals surface area contributed by atoms with Crippen molar-refractivity contribution in [2.75, 3.05) is 30.0 Å². The number of anilines is 3. The quantitative estimate of drug-likeness (QED) is 0.464. The molecule has 0 aliphatic carbocycles. The third kappa shape index (κ3) is 4.88. The van der Waals surface area contributed by atoms with E-state index in [1.807, 2.05) is 30.0 Å². The normalized spacial score (nSPS) is 12.4. The molecule has 0 saturated carbocycles. The molecule has 0 spiro atoms. The number of amides is 1. The van der Waals surface area contributed by atoms with Crippen LogP contribution in [0.25, 0.3) is 0 Å². The summed E-state index contributed by atoms with van der Waals surface area (Å²) in [5.74, 6) is 0.522. The van der Waals surface area contributed by atoms with Crippen LogP contribution in [0.4, 0.5) is 17.3 Å². The molecule has 33 heavy (non-hydrogen) atoms. The Kier molecular flexibility index (Phi) is 7.73. The van der Waals surface area contributed by atoms with Crippen molar-refractivity contribution in [1.29, 1.82) is 0 Å². The molecule has 3 aromatic rings. The topological polar surface area (TPSA) is 98.7 Å². The zero-order valence-electron chi connectivity index (χ0n) is 19.2. The summed E-state index contributed by atoms with van der Waals surface area (Å²) < 4.78 is 5.83. The van der Waals surface area contributed by atoms with E-state index in [-0.39, 0.29) is 41.0 Å². The Morgan fingerprint density at radius 1 is 1.15 bits per heavy atom. The van der Waals surface area contributed by atoms with Gasteiger partial charge in [-0.15, -0.1) is 0 Å². The molecule has 9 heteroatoms. The fraction of sp³-hybridized carbons (Fsp3) is 0.250. The summed E-state index contributed by atoms with van der Waals surface area (Å²) in [4.78, 5) is 36.8. The van der Waals surface area contributed by atoms with E-state index < -0.39 is 5.97 Å². The number of nitrogens with zero attached hydrogens (tertiary/aromatic N) is 4. The maximum Gasteiger partial charge on any atom is 1.00 e. The zero-order chi connectivity index (χ0) is 22.8. The van der Waals surface area contributed by atoms with Gasteiger partial charge >= 0.3 is 29.6 Å². The zero-order valence-corrected chi connectivity index (χ0v) is 21.2. The van der Waals surface area contributed by atoms with Gasteiger partial charge in [-0.2, -0.15) is 0 Å². The van der Waals surface area contributed by atoms with E-state index >= 15 is 0 Å². The van der Waals surface area contributed by atoms with E-state index in [4.69, 9.17) is 4.74 Å². The number of carboxylic acids is 1. The van der Waals surface area contributed by atoms with Gasteiger partial charge in [0.05, 0.1) is 23.8 Å². The number of fused-ring (bicyclic) bond motifs is 2. The Bertz CT molecular complexity index is 1200. The maximum absolute atomic E-state index is 13.2. The van der Waals surface area contributed by atoms with Crippen LogP contribution in [0, 0.1) is 6.92 Å². The van der Waals surface area contributed by atoms with Crippen LogP contribution in [-0.2, 0) is 6.42 Å². The molecule has 3 heterocycles. The fourth-order valence-electron chi connectivity index (χ4n) is 3.78. The Labute approximate surface area is 214 Å². The second kappa shape index (κ2) is 10.3. The molecule has 0 saturated heterocycles. The number of carboxylic acid groups (broad SMARTS) is 1. The third-order valence-corrected chi connectivity index (χ3v) is 5.47. The molecule has 0 fully saturated rings. The molecule has 0 atom stereocenters. The van der Waals surface area contributed by atoms with Gasteiger partial charge in [0, 0.05) is 32.4 Å². The van der Waals surface area contributed by atoms with E-state index in [0.29, 0.717) is 48.1 Å². The van der Waals surface area contributed by atoms with Crippen molar-refractivity contribution < 1.29 is 49.0 Å². The number of pyridine rings is 2. The predicted octanol–water partition coefficient (Wildman–Crippen LogP) is -0.478. The van der Waals surface area contributed by atoms with Gasteiger partial charge in [-0.25, -0.2) is 9.97 Å². The molecule has 1 aliphatic rings. The second-order valence-corrected chi connectivity index (χ2v) is 7.54. The number of aromatic carboxylic acids is 1. The van der Waals surface area contributed by atoms with Gasteiger partial charge in [0.25, 0.3) is 5.91 Å². The number of rotatable bonds is 6. The summed E-state index contributed by atoms with van der Waals surface area (Å²) >= 11 is 0. The summed E-state index contributed by atoms with van der Waals surface area (Å²) in [5, 5.41) is 11.0. The first-order valence-corrected chi connectivity index (χ1v) is 10.3. The van der Waals surface area contributed by atoms with Crippen molar-refractivity contribution in [3.63, 3.8) is 0 Å². The van der Waals surface area contributed by atoms with Crippen molar-refractivity contribution in [1.82, 2.24) is 9.97 Å². The molecule has 8 nitrogen and oxygen atoms in total. The van der Waals surface area contributed by atoms with E-state index in [1.165, 1.54) is 12.1 Å². The van der Waals surface area contributed by atoms with Crippen molar-refractivity contribution >= 4 is 29.2 Å². The van der Waals surface area contributed by atoms with Crippen molar-refractivity contribution in [3.05, 3.63) is 71.0 Å². The molecule has 0 radical (unpaired) electrons. The average Bonchev–Trinajstić information content (AvgIpc) is 2.88. The van der Waals surface area contributed by atoms with Crippen molar-refractivity contribution in [2.24, 2.45) is 0 Å². The number of aryl methyl sites for hydroxylation is 1. The summed E-state index contributed by atoms with van der Waals surface area (Å²) in [5.41, 5.74) is 2.94. The maximum atomic E-state index is 13.2. The Hall–Kier alpha value is -2.94. The van der Waals surface area contributed by atoms with Gasteiger partial charge in [0.15, 0.2) is 5.82 Å². The number of benzene rings is 1. The largest absolute Gasteiger partial charge is 1.00 e. The van der Waals surface area contributed by atoms with Gasteiger partial charge in [-0.3, -0.25) is 4.79 Å². The smallest absolute Gasteiger partial charge is 0.545 e. The molecule has 0 N–H and O–H groups in total. The van der Waals surface area contributed by atoms with E-state index in [1.54, 1.807) is 37.3 Å². The number of ether oxygens (including phenoxy) is 1.